The van der Waals surface area contributed by atoms with Gasteiger partial charge in [0, 0.05) is 38.1 Å². The first-order chi connectivity index (χ1) is 15.2. The van der Waals surface area contributed by atoms with Crippen molar-refractivity contribution >= 4 is 17.9 Å². The second-order valence-corrected chi connectivity index (χ2v) is 9.76. The summed E-state index contributed by atoms with van der Waals surface area (Å²) in [5.41, 5.74) is 6.74. The van der Waals surface area contributed by atoms with E-state index in [0.717, 1.165) is 37.3 Å². The van der Waals surface area contributed by atoms with Gasteiger partial charge in [-0.1, -0.05) is 24.3 Å². The largest absolute Gasteiger partial charge is 0.465 e. The fourth-order valence-electron chi connectivity index (χ4n) is 5.91. The Kier molecular flexibility index (Phi) is 6.16. The molecule has 2 fully saturated rings. The van der Waals surface area contributed by atoms with Crippen LogP contribution in [0, 0.1) is 11.3 Å². The van der Waals surface area contributed by atoms with Crippen molar-refractivity contribution in [3.63, 3.8) is 0 Å². The quantitative estimate of drug-likeness (QED) is 0.745. The fraction of sp³-hybridized carbons (Fsp3) is 0.625. The number of nitrogens with two attached hydrogens (primary N) is 1. The van der Waals surface area contributed by atoms with Gasteiger partial charge in [-0.25, -0.2) is 4.79 Å². The summed E-state index contributed by atoms with van der Waals surface area (Å²) in [5, 5.41) is 9.86. The molecule has 1 unspecified atom stereocenters. The van der Waals surface area contributed by atoms with E-state index in [1.807, 2.05) is 29.2 Å². The number of carbonyl (C=O) groups is 3. The number of rotatable bonds is 4. The number of fused-ring (bicyclic) bond motifs is 1. The van der Waals surface area contributed by atoms with E-state index in [-0.39, 0.29) is 18.4 Å². The molecule has 0 spiro atoms. The molecule has 3 aliphatic rings. The number of primary amides is 1. The third-order valence-electron chi connectivity index (χ3n) is 7.85. The molecule has 3 amide bonds. The number of piperazine rings is 1. The molecule has 1 atom stereocenters. The molecule has 4 rings (SSSR count). The Balaban J connectivity index is 1.50. The maximum atomic E-state index is 13.2. The zero-order valence-corrected chi connectivity index (χ0v) is 19.0. The summed E-state index contributed by atoms with van der Waals surface area (Å²) in [5.74, 6) is -0.446. The molecule has 1 saturated heterocycles. The Hall–Kier alpha value is -2.61. The van der Waals surface area contributed by atoms with Gasteiger partial charge in [0.1, 0.15) is 0 Å². The lowest BCUT2D eigenvalue weighted by Gasteiger charge is -2.45. The van der Waals surface area contributed by atoms with E-state index in [2.05, 4.69) is 18.7 Å². The van der Waals surface area contributed by atoms with Crippen molar-refractivity contribution in [1.29, 1.82) is 0 Å². The van der Waals surface area contributed by atoms with Crippen molar-refractivity contribution in [2.75, 3.05) is 26.2 Å². The molecule has 0 radical (unpaired) electrons. The zero-order chi connectivity index (χ0) is 23.0. The minimum atomic E-state index is -1.05. The van der Waals surface area contributed by atoms with Crippen LogP contribution in [0.25, 0.3) is 0 Å². The first kappa shape index (κ1) is 22.6. The van der Waals surface area contributed by atoms with Crippen LogP contribution in [0.15, 0.2) is 24.3 Å². The van der Waals surface area contributed by atoms with Gasteiger partial charge in [-0.3, -0.25) is 19.4 Å². The van der Waals surface area contributed by atoms with E-state index in [1.165, 1.54) is 4.90 Å². The van der Waals surface area contributed by atoms with Crippen molar-refractivity contribution < 1.29 is 19.5 Å². The van der Waals surface area contributed by atoms with Gasteiger partial charge < -0.3 is 15.7 Å². The average Bonchev–Trinajstić information content (AvgIpc) is 3.19. The number of amides is 3. The molecule has 174 valence electrons. The van der Waals surface area contributed by atoms with Crippen molar-refractivity contribution in [3.8, 4) is 0 Å². The topological polar surface area (TPSA) is 107 Å². The molecule has 2 aliphatic heterocycles. The fourth-order valence-corrected chi connectivity index (χ4v) is 5.91. The Morgan fingerprint density at radius 1 is 1.06 bits per heavy atom. The van der Waals surface area contributed by atoms with Gasteiger partial charge in [0.05, 0.1) is 18.0 Å². The third kappa shape index (κ3) is 3.85. The molecule has 0 aromatic heterocycles. The van der Waals surface area contributed by atoms with Crippen molar-refractivity contribution in [1.82, 2.24) is 14.7 Å². The highest BCUT2D eigenvalue weighted by Gasteiger charge is 2.54. The molecule has 32 heavy (non-hydrogen) atoms. The lowest BCUT2D eigenvalue weighted by molar-refractivity contribution is -0.144. The molecule has 1 aromatic rings. The Morgan fingerprint density at radius 2 is 1.69 bits per heavy atom. The highest BCUT2D eigenvalue weighted by Crippen LogP contribution is 2.53. The maximum Gasteiger partial charge on any atom is 0.408 e. The summed E-state index contributed by atoms with van der Waals surface area (Å²) < 4.78 is 0. The highest BCUT2D eigenvalue weighted by atomic mass is 16.4. The molecular formula is C24H34N4O4. The summed E-state index contributed by atoms with van der Waals surface area (Å²) in [6.07, 6.45) is 0.908. The maximum absolute atomic E-state index is 13.2. The zero-order valence-electron chi connectivity index (χ0n) is 19.0. The highest BCUT2D eigenvalue weighted by molar-refractivity contribution is 5.85. The lowest BCUT2D eigenvalue weighted by atomic mass is 9.64. The smallest absolute Gasteiger partial charge is 0.408 e. The first-order valence-electron chi connectivity index (χ1n) is 11.6. The standard InChI is InChI=1S/C24H34N4O4/c1-16(2)26-11-13-27(14-12-26)21(29)17-7-9-24(10-8-17,22(25)30)20-19-6-4-3-5-18(19)15-28(20)23(31)32/h3-6,16-17,20H,7-15H2,1-2H3,(H2,25,30)(H,31,32). The van der Waals surface area contributed by atoms with E-state index in [0.29, 0.717) is 31.7 Å². The van der Waals surface area contributed by atoms with Gasteiger partial charge in [0.15, 0.2) is 0 Å². The second kappa shape index (κ2) is 8.73. The van der Waals surface area contributed by atoms with Crippen LogP contribution in [-0.2, 0) is 16.1 Å². The predicted octanol–water partition coefficient (Wildman–Crippen LogP) is 2.44. The van der Waals surface area contributed by atoms with Crippen LogP contribution in [0.3, 0.4) is 0 Å². The molecule has 8 nitrogen and oxygen atoms in total. The summed E-state index contributed by atoms with van der Waals surface area (Å²) in [4.78, 5) is 43.7. The minimum absolute atomic E-state index is 0.136. The number of nitrogens with zero attached hydrogens (tertiary/aromatic N) is 3. The SMILES string of the molecule is CC(C)N1CCN(C(=O)C2CCC(C(N)=O)(C3c4ccccc4CN3C(=O)O)CC2)CC1. The van der Waals surface area contributed by atoms with Crippen LogP contribution < -0.4 is 5.73 Å². The molecular weight excluding hydrogens is 408 g/mol. The number of hydrogen-bond donors (Lipinski definition) is 2. The minimum Gasteiger partial charge on any atom is -0.465 e. The first-order valence-corrected chi connectivity index (χ1v) is 11.6. The van der Waals surface area contributed by atoms with Gasteiger partial charge in [-0.15, -0.1) is 0 Å². The van der Waals surface area contributed by atoms with Crippen LogP contribution in [0.1, 0.15) is 56.7 Å². The number of carbonyl (C=O) groups excluding carboxylic acids is 2. The number of carboxylic acid groups (broad SMARTS) is 1. The van der Waals surface area contributed by atoms with Crippen molar-refractivity contribution in [3.05, 3.63) is 35.4 Å². The summed E-state index contributed by atoms with van der Waals surface area (Å²) in [6, 6.07) is 7.44. The average molecular weight is 443 g/mol. The van der Waals surface area contributed by atoms with Crippen LogP contribution in [0.4, 0.5) is 4.79 Å². The van der Waals surface area contributed by atoms with E-state index >= 15 is 0 Å². The van der Waals surface area contributed by atoms with E-state index in [1.54, 1.807) is 0 Å². The lowest BCUT2D eigenvalue weighted by Crippen LogP contribution is -2.54. The van der Waals surface area contributed by atoms with Crippen molar-refractivity contribution in [2.45, 2.75) is 58.2 Å². The van der Waals surface area contributed by atoms with Crippen LogP contribution in [-0.4, -0.2) is 69.9 Å². The van der Waals surface area contributed by atoms with Gasteiger partial charge >= 0.3 is 6.09 Å². The molecule has 3 N–H and O–H groups in total. The molecule has 1 aliphatic carbocycles. The summed E-state index contributed by atoms with van der Waals surface area (Å²) in [7, 11) is 0. The third-order valence-corrected chi connectivity index (χ3v) is 7.85. The van der Waals surface area contributed by atoms with E-state index in [4.69, 9.17) is 5.73 Å². The Morgan fingerprint density at radius 3 is 2.25 bits per heavy atom. The molecule has 8 heteroatoms. The van der Waals surface area contributed by atoms with Gasteiger partial charge in [-0.2, -0.15) is 0 Å². The van der Waals surface area contributed by atoms with Crippen LogP contribution in [0.2, 0.25) is 0 Å². The monoisotopic (exact) mass is 442 g/mol. The molecule has 1 saturated carbocycles. The van der Waals surface area contributed by atoms with E-state index < -0.39 is 23.5 Å². The Labute approximate surface area is 189 Å². The van der Waals surface area contributed by atoms with Gasteiger partial charge in [-0.05, 0) is 50.7 Å². The molecule has 1 aromatic carbocycles. The predicted molar refractivity (Wildman–Crippen MR) is 120 cm³/mol. The molecule has 2 heterocycles. The Bertz CT molecular complexity index is 886. The summed E-state index contributed by atoms with van der Waals surface area (Å²) >= 11 is 0. The van der Waals surface area contributed by atoms with Gasteiger partial charge in [0.2, 0.25) is 11.8 Å². The number of benzene rings is 1. The van der Waals surface area contributed by atoms with E-state index in [9.17, 15) is 19.5 Å². The van der Waals surface area contributed by atoms with Crippen molar-refractivity contribution in [2.24, 2.45) is 17.1 Å². The molecule has 0 bridgehead atoms. The normalized spacial score (nSPS) is 28.6. The number of hydrogen-bond acceptors (Lipinski definition) is 4. The van der Waals surface area contributed by atoms with Crippen LogP contribution >= 0.6 is 0 Å². The van der Waals surface area contributed by atoms with Crippen LogP contribution in [0.5, 0.6) is 0 Å². The second-order valence-electron chi connectivity index (χ2n) is 9.76. The van der Waals surface area contributed by atoms with Gasteiger partial charge in [0.25, 0.3) is 0 Å². The summed E-state index contributed by atoms with van der Waals surface area (Å²) in [6.45, 7) is 7.83.